The summed E-state index contributed by atoms with van der Waals surface area (Å²) in [5, 5.41) is 13.6. The number of hydrogen-bond donors (Lipinski definition) is 3. The average molecular weight is 464 g/mol. The van der Waals surface area contributed by atoms with Crippen LogP contribution in [0.1, 0.15) is 24.5 Å². The summed E-state index contributed by atoms with van der Waals surface area (Å²) < 4.78 is 10.6. The van der Waals surface area contributed by atoms with Gasteiger partial charge in [0.15, 0.2) is 0 Å². The van der Waals surface area contributed by atoms with Crippen molar-refractivity contribution in [3.8, 4) is 5.75 Å². The number of fused-ring (bicyclic) bond motifs is 1. The minimum absolute atomic E-state index is 0.216. The molecule has 3 aromatic rings. The molecule has 3 aromatic carbocycles. The van der Waals surface area contributed by atoms with E-state index in [4.69, 9.17) is 4.74 Å². The molecule has 0 spiro atoms. The summed E-state index contributed by atoms with van der Waals surface area (Å²) in [4.78, 5) is 22.9. The van der Waals surface area contributed by atoms with Crippen LogP contribution < -0.4 is 20.9 Å². The largest absolute Gasteiger partial charge is 0.491 e. The van der Waals surface area contributed by atoms with Crippen molar-refractivity contribution in [3.63, 3.8) is 0 Å². The molecule has 178 valence electrons. The van der Waals surface area contributed by atoms with Gasteiger partial charge >= 0.3 is 12.1 Å². The molecule has 0 unspecified atom stereocenters. The highest BCUT2D eigenvalue weighted by Crippen LogP contribution is 2.37. The number of carbonyl (C=O) groups is 2. The summed E-state index contributed by atoms with van der Waals surface area (Å²) in [5.41, 5.74) is 8.01. The van der Waals surface area contributed by atoms with Crippen molar-refractivity contribution >= 4 is 34.3 Å². The van der Waals surface area contributed by atoms with E-state index in [2.05, 4.69) is 37.2 Å². The minimum atomic E-state index is -0.722. The number of urea groups is 1. The van der Waals surface area contributed by atoms with Gasteiger partial charge in [-0.15, -0.1) is 5.11 Å². The zero-order valence-corrected chi connectivity index (χ0v) is 19.6. The van der Waals surface area contributed by atoms with Crippen LogP contribution in [-0.2, 0) is 4.74 Å². The Kier molecular flexibility index (Phi) is 8.79. The number of benzene rings is 3. The van der Waals surface area contributed by atoms with Gasteiger partial charge in [0, 0.05) is 11.9 Å². The summed E-state index contributed by atoms with van der Waals surface area (Å²) in [5.74, 6) is 0.612. The van der Waals surface area contributed by atoms with Gasteiger partial charge in [-0.1, -0.05) is 48.0 Å². The molecule has 0 bridgehead atoms. The molecule has 9 nitrogen and oxygen atoms in total. The van der Waals surface area contributed by atoms with Gasteiger partial charge in [-0.25, -0.2) is 20.4 Å². The van der Waals surface area contributed by atoms with E-state index in [9.17, 15) is 9.59 Å². The van der Waals surface area contributed by atoms with Crippen molar-refractivity contribution < 1.29 is 19.1 Å². The Morgan fingerprint density at radius 2 is 1.79 bits per heavy atom. The summed E-state index contributed by atoms with van der Waals surface area (Å²) in [7, 11) is 0. The SMILES string of the molecule is CCOC(=O)NNC(=O)NCCCOc1ccc2ccccc2c1N=Nc1ccc(C)cc1C. The van der Waals surface area contributed by atoms with Crippen molar-refractivity contribution in [2.75, 3.05) is 19.8 Å². The number of carbonyl (C=O) groups excluding carboxylic acids is 2. The Labute approximate surface area is 198 Å². The Balaban J connectivity index is 1.62. The van der Waals surface area contributed by atoms with E-state index in [1.165, 1.54) is 5.56 Å². The molecule has 0 saturated heterocycles. The van der Waals surface area contributed by atoms with E-state index in [0.717, 1.165) is 22.0 Å². The van der Waals surface area contributed by atoms with Crippen LogP contribution >= 0.6 is 0 Å². The molecule has 0 aliphatic heterocycles. The summed E-state index contributed by atoms with van der Waals surface area (Å²) >= 11 is 0. The Bertz CT molecular complexity index is 1180. The number of hydrazine groups is 1. The molecule has 3 N–H and O–H groups in total. The molecular weight excluding hydrogens is 434 g/mol. The van der Waals surface area contributed by atoms with Crippen molar-refractivity contribution in [1.29, 1.82) is 0 Å². The number of rotatable bonds is 8. The number of nitrogens with zero attached hydrogens (tertiary/aromatic N) is 2. The highest BCUT2D eigenvalue weighted by atomic mass is 16.6. The highest BCUT2D eigenvalue weighted by molar-refractivity contribution is 5.95. The third-order valence-corrected chi connectivity index (χ3v) is 4.89. The van der Waals surface area contributed by atoms with Crippen LogP contribution in [-0.4, -0.2) is 31.9 Å². The predicted octanol–water partition coefficient (Wildman–Crippen LogP) is 5.60. The highest BCUT2D eigenvalue weighted by Gasteiger charge is 2.10. The second-order valence-electron chi connectivity index (χ2n) is 7.55. The summed E-state index contributed by atoms with van der Waals surface area (Å²) in [6, 6.07) is 17.3. The third-order valence-electron chi connectivity index (χ3n) is 4.89. The summed E-state index contributed by atoms with van der Waals surface area (Å²) in [6.07, 6.45) is -0.173. The first-order valence-corrected chi connectivity index (χ1v) is 11.1. The van der Waals surface area contributed by atoms with Crippen LogP contribution in [0.15, 0.2) is 64.8 Å². The maximum absolute atomic E-state index is 11.7. The van der Waals surface area contributed by atoms with Crippen LogP contribution in [0.4, 0.5) is 21.0 Å². The van der Waals surface area contributed by atoms with Crippen molar-refractivity contribution in [2.45, 2.75) is 27.2 Å². The summed E-state index contributed by atoms with van der Waals surface area (Å²) in [6.45, 7) is 6.64. The fraction of sp³-hybridized carbons (Fsp3) is 0.280. The van der Waals surface area contributed by atoms with Gasteiger partial charge in [0.1, 0.15) is 11.4 Å². The molecule has 3 amide bonds. The monoisotopic (exact) mass is 463 g/mol. The topological polar surface area (TPSA) is 113 Å². The molecule has 0 saturated carbocycles. The van der Waals surface area contributed by atoms with Gasteiger partial charge < -0.3 is 14.8 Å². The lowest BCUT2D eigenvalue weighted by molar-refractivity contribution is 0.147. The molecule has 0 heterocycles. The maximum Gasteiger partial charge on any atom is 0.426 e. The van der Waals surface area contributed by atoms with Gasteiger partial charge in [0.05, 0.1) is 18.9 Å². The molecule has 3 rings (SSSR count). The number of amides is 3. The standard InChI is InChI=1S/C25H29N5O4/c1-4-33-25(32)30-29-24(31)26-14-7-15-34-22-13-11-19-8-5-6-9-20(19)23(22)28-27-21-12-10-17(2)16-18(21)3/h5-6,8-13,16H,4,7,14-15H2,1-3H3,(H,30,32)(H2,26,29,31). The zero-order valence-electron chi connectivity index (χ0n) is 19.6. The second kappa shape index (κ2) is 12.2. The Hall–Kier alpha value is -4.14. The van der Waals surface area contributed by atoms with Gasteiger partial charge in [-0.2, -0.15) is 5.11 Å². The van der Waals surface area contributed by atoms with E-state index < -0.39 is 12.1 Å². The van der Waals surface area contributed by atoms with Crippen LogP contribution in [0.25, 0.3) is 10.8 Å². The molecule has 0 atom stereocenters. The predicted molar refractivity (Wildman–Crippen MR) is 131 cm³/mol. The van der Waals surface area contributed by atoms with Crippen LogP contribution in [0, 0.1) is 13.8 Å². The van der Waals surface area contributed by atoms with Crippen LogP contribution in [0.2, 0.25) is 0 Å². The average Bonchev–Trinajstić information content (AvgIpc) is 2.82. The first kappa shape index (κ1) is 24.5. The fourth-order valence-electron chi connectivity index (χ4n) is 3.25. The van der Waals surface area contributed by atoms with E-state index >= 15 is 0 Å². The smallest absolute Gasteiger partial charge is 0.426 e. The van der Waals surface area contributed by atoms with Crippen molar-refractivity contribution in [3.05, 3.63) is 65.7 Å². The molecule has 9 heteroatoms. The van der Waals surface area contributed by atoms with Gasteiger partial charge in [-0.3, -0.25) is 0 Å². The van der Waals surface area contributed by atoms with Gasteiger partial charge in [0.25, 0.3) is 0 Å². The number of ether oxygens (including phenoxy) is 2. The molecule has 0 aliphatic carbocycles. The number of nitrogens with one attached hydrogen (secondary N) is 3. The molecule has 0 fully saturated rings. The Morgan fingerprint density at radius 1 is 0.971 bits per heavy atom. The lowest BCUT2D eigenvalue weighted by Crippen LogP contribution is -2.47. The van der Waals surface area contributed by atoms with Crippen molar-refractivity contribution in [1.82, 2.24) is 16.2 Å². The zero-order chi connectivity index (χ0) is 24.3. The second-order valence-corrected chi connectivity index (χ2v) is 7.55. The molecule has 34 heavy (non-hydrogen) atoms. The fourth-order valence-corrected chi connectivity index (χ4v) is 3.25. The molecule has 0 aliphatic rings. The normalized spacial score (nSPS) is 10.8. The van der Waals surface area contributed by atoms with E-state index in [1.54, 1.807) is 6.92 Å². The third kappa shape index (κ3) is 6.93. The Morgan fingerprint density at radius 3 is 2.59 bits per heavy atom. The number of azo groups is 1. The quantitative estimate of drug-likeness (QED) is 0.229. The molecular formula is C25H29N5O4. The van der Waals surface area contributed by atoms with E-state index in [1.807, 2.05) is 62.4 Å². The van der Waals surface area contributed by atoms with Gasteiger partial charge in [-0.05, 0) is 50.3 Å². The lowest BCUT2D eigenvalue weighted by Gasteiger charge is -2.12. The van der Waals surface area contributed by atoms with Gasteiger partial charge in [0.2, 0.25) is 0 Å². The molecule has 0 radical (unpaired) electrons. The molecule has 0 aromatic heterocycles. The maximum atomic E-state index is 11.7. The minimum Gasteiger partial charge on any atom is -0.491 e. The first-order valence-electron chi connectivity index (χ1n) is 11.1. The van der Waals surface area contributed by atoms with E-state index in [-0.39, 0.29) is 6.61 Å². The number of aryl methyl sites for hydroxylation is 2. The van der Waals surface area contributed by atoms with Crippen molar-refractivity contribution in [2.24, 2.45) is 10.2 Å². The van der Waals surface area contributed by atoms with Crippen LogP contribution in [0.3, 0.4) is 0 Å². The number of hydrogen-bond acceptors (Lipinski definition) is 6. The van der Waals surface area contributed by atoms with E-state index in [0.29, 0.717) is 31.0 Å². The van der Waals surface area contributed by atoms with Crippen LogP contribution in [0.5, 0.6) is 5.75 Å². The first-order chi connectivity index (χ1) is 16.5. The lowest BCUT2D eigenvalue weighted by atomic mass is 10.1.